The minimum absolute atomic E-state index is 0.0102. The average Bonchev–Trinajstić information content (AvgIpc) is 2.86. The van der Waals surface area contributed by atoms with Gasteiger partial charge in [-0.3, -0.25) is 4.79 Å². The van der Waals surface area contributed by atoms with Crippen LogP contribution in [0.5, 0.6) is 0 Å². The second-order valence-electron chi connectivity index (χ2n) is 4.99. The summed E-state index contributed by atoms with van der Waals surface area (Å²) < 4.78 is 45.2. The molecule has 0 saturated heterocycles. The van der Waals surface area contributed by atoms with Crippen LogP contribution >= 0.6 is 0 Å². The zero-order valence-corrected chi connectivity index (χ0v) is 11.1. The van der Waals surface area contributed by atoms with Gasteiger partial charge in [0, 0.05) is 0 Å². The topological polar surface area (TPSA) is 85.5 Å². The van der Waals surface area contributed by atoms with Crippen molar-refractivity contribution >= 4 is 5.97 Å². The lowest BCUT2D eigenvalue weighted by Crippen LogP contribution is -2.25. The molecule has 2 unspecified atom stereocenters. The standard InChI is InChI=1S/C12H15F3N2O4/c13-12(14,15)6-20-5-9-16-10(21-17-9)7-3-1-2-4-8(7)11(18)19/h7-8H,1-6H2,(H,18,19). The second-order valence-corrected chi connectivity index (χ2v) is 4.99. The van der Waals surface area contributed by atoms with Gasteiger partial charge < -0.3 is 14.4 Å². The van der Waals surface area contributed by atoms with Crippen molar-refractivity contribution in [1.29, 1.82) is 0 Å². The van der Waals surface area contributed by atoms with Gasteiger partial charge in [0.05, 0.1) is 11.8 Å². The lowest BCUT2D eigenvalue weighted by Gasteiger charge is -2.25. The van der Waals surface area contributed by atoms with Crippen LogP contribution in [-0.2, 0) is 16.1 Å². The first kappa shape index (κ1) is 15.7. The molecule has 2 atom stereocenters. The van der Waals surface area contributed by atoms with Gasteiger partial charge in [0.1, 0.15) is 13.2 Å². The van der Waals surface area contributed by atoms with Crippen molar-refractivity contribution in [3.05, 3.63) is 11.7 Å². The molecule has 9 heteroatoms. The fourth-order valence-corrected chi connectivity index (χ4v) is 2.46. The minimum Gasteiger partial charge on any atom is -0.481 e. The Morgan fingerprint density at radius 3 is 2.76 bits per heavy atom. The van der Waals surface area contributed by atoms with Crippen LogP contribution in [0.25, 0.3) is 0 Å². The molecule has 1 heterocycles. The van der Waals surface area contributed by atoms with Gasteiger partial charge in [-0.2, -0.15) is 18.2 Å². The summed E-state index contributed by atoms with van der Waals surface area (Å²) >= 11 is 0. The monoisotopic (exact) mass is 308 g/mol. The molecule has 1 aromatic heterocycles. The van der Waals surface area contributed by atoms with E-state index in [9.17, 15) is 18.0 Å². The SMILES string of the molecule is O=C(O)C1CCCCC1c1nc(COCC(F)(F)F)no1. The van der Waals surface area contributed by atoms with Crippen LogP contribution in [0, 0.1) is 5.92 Å². The Kier molecular flexibility index (Phi) is 4.81. The van der Waals surface area contributed by atoms with Crippen molar-refractivity contribution in [2.24, 2.45) is 5.92 Å². The number of alkyl halides is 3. The highest BCUT2D eigenvalue weighted by molar-refractivity contribution is 5.71. The molecule has 1 aliphatic carbocycles. The summed E-state index contributed by atoms with van der Waals surface area (Å²) in [6.07, 6.45) is -1.59. The number of hydrogen-bond acceptors (Lipinski definition) is 5. The van der Waals surface area contributed by atoms with Gasteiger partial charge in [0.2, 0.25) is 5.89 Å². The zero-order chi connectivity index (χ0) is 15.5. The lowest BCUT2D eigenvalue weighted by atomic mass is 9.79. The Morgan fingerprint density at radius 1 is 1.38 bits per heavy atom. The molecule has 0 radical (unpaired) electrons. The number of carboxylic acid groups (broad SMARTS) is 1. The van der Waals surface area contributed by atoms with E-state index < -0.39 is 31.3 Å². The molecule has 6 nitrogen and oxygen atoms in total. The van der Waals surface area contributed by atoms with Crippen molar-refractivity contribution in [2.45, 2.75) is 44.4 Å². The molecule has 0 amide bonds. The fraction of sp³-hybridized carbons (Fsp3) is 0.750. The van der Waals surface area contributed by atoms with Crippen LogP contribution in [0.3, 0.4) is 0 Å². The van der Waals surface area contributed by atoms with Gasteiger partial charge in [-0.1, -0.05) is 18.0 Å². The van der Waals surface area contributed by atoms with E-state index in [0.717, 1.165) is 12.8 Å². The Balaban J connectivity index is 1.96. The highest BCUT2D eigenvalue weighted by Gasteiger charge is 2.35. The number of carboxylic acids is 1. The van der Waals surface area contributed by atoms with Gasteiger partial charge in [-0.05, 0) is 12.8 Å². The van der Waals surface area contributed by atoms with Crippen molar-refractivity contribution < 1.29 is 32.3 Å². The van der Waals surface area contributed by atoms with Crippen molar-refractivity contribution in [3.63, 3.8) is 0 Å². The molecule has 21 heavy (non-hydrogen) atoms. The molecule has 1 aliphatic rings. The summed E-state index contributed by atoms with van der Waals surface area (Å²) in [7, 11) is 0. The molecule has 1 saturated carbocycles. The van der Waals surface area contributed by atoms with E-state index >= 15 is 0 Å². The van der Waals surface area contributed by atoms with Gasteiger partial charge in [-0.15, -0.1) is 0 Å². The van der Waals surface area contributed by atoms with Crippen molar-refractivity contribution in [1.82, 2.24) is 10.1 Å². The first-order valence-corrected chi connectivity index (χ1v) is 6.56. The van der Waals surface area contributed by atoms with Crippen LogP contribution in [0.2, 0.25) is 0 Å². The van der Waals surface area contributed by atoms with Gasteiger partial charge >= 0.3 is 12.1 Å². The molecular weight excluding hydrogens is 293 g/mol. The van der Waals surface area contributed by atoms with E-state index in [1.54, 1.807) is 0 Å². The lowest BCUT2D eigenvalue weighted by molar-refractivity contribution is -0.177. The number of ether oxygens (including phenoxy) is 1. The predicted octanol–water partition coefficient (Wildman–Crippen LogP) is 2.51. The third kappa shape index (κ3) is 4.42. The van der Waals surface area contributed by atoms with E-state index in [-0.39, 0.29) is 17.6 Å². The number of halogens is 3. The summed E-state index contributed by atoms with van der Waals surface area (Å²) in [4.78, 5) is 15.1. The maximum atomic E-state index is 11.9. The Hall–Kier alpha value is -1.64. The van der Waals surface area contributed by atoms with Crippen LogP contribution in [0.1, 0.15) is 43.3 Å². The summed E-state index contributed by atoms with van der Waals surface area (Å²) in [6.45, 7) is -1.81. The van der Waals surface area contributed by atoms with E-state index in [0.29, 0.717) is 12.8 Å². The van der Waals surface area contributed by atoms with Crippen molar-refractivity contribution in [3.8, 4) is 0 Å². The molecule has 1 N–H and O–H groups in total. The van der Waals surface area contributed by atoms with Crippen LogP contribution in [0.4, 0.5) is 13.2 Å². The Labute approximate surface area is 118 Å². The van der Waals surface area contributed by atoms with Gasteiger partial charge in [-0.25, -0.2) is 0 Å². The predicted molar refractivity (Wildman–Crippen MR) is 62.3 cm³/mol. The fourth-order valence-electron chi connectivity index (χ4n) is 2.46. The number of carbonyl (C=O) groups is 1. The van der Waals surface area contributed by atoms with E-state index in [1.807, 2.05) is 0 Å². The van der Waals surface area contributed by atoms with Crippen LogP contribution < -0.4 is 0 Å². The first-order chi connectivity index (χ1) is 9.87. The largest absolute Gasteiger partial charge is 0.481 e. The molecule has 1 fully saturated rings. The molecule has 0 bridgehead atoms. The van der Waals surface area contributed by atoms with E-state index in [4.69, 9.17) is 9.63 Å². The summed E-state index contributed by atoms with van der Waals surface area (Å²) in [5.41, 5.74) is 0. The maximum Gasteiger partial charge on any atom is 0.411 e. The number of hydrogen-bond donors (Lipinski definition) is 1. The number of nitrogens with zero attached hydrogens (tertiary/aromatic N) is 2. The number of rotatable bonds is 5. The maximum absolute atomic E-state index is 11.9. The quantitative estimate of drug-likeness (QED) is 0.899. The number of aliphatic carboxylic acids is 1. The van der Waals surface area contributed by atoms with Crippen LogP contribution in [-0.4, -0.2) is 34.0 Å². The zero-order valence-electron chi connectivity index (χ0n) is 11.1. The van der Waals surface area contributed by atoms with E-state index in [1.165, 1.54) is 0 Å². The third-order valence-electron chi connectivity index (χ3n) is 3.38. The second kappa shape index (κ2) is 6.42. The first-order valence-electron chi connectivity index (χ1n) is 6.56. The Morgan fingerprint density at radius 2 is 2.10 bits per heavy atom. The smallest absolute Gasteiger partial charge is 0.411 e. The summed E-state index contributed by atoms with van der Waals surface area (Å²) in [5, 5.41) is 12.7. The minimum atomic E-state index is -4.41. The van der Waals surface area contributed by atoms with E-state index in [2.05, 4.69) is 14.9 Å². The molecule has 0 spiro atoms. The number of aromatic nitrogens is 2. The van der Waals surface area contributed by atoms with Crippen LogP contribution in [0.15, 0.2) is 4.52 Å². The Bertz CT molecular complexity index is 489. The molecular formula is C12H15F3N2O4. The molecule has 1 aromatic rings. The highest BCUT2D eigenvalue weighted by atomic mass is 19.4. The highest BCUT2D eigenvalue weighted by Crippen LogP contribution is 2.37. The summed E-state index contributed by atoms with van der Waals surface area (Å²) in [6, 6.07) is 0. The third-order valence-corrected chi connectivity index (χ3v) is 3.38. The molecule has 118 valence electrons. The average molecular weight is 308 g/mol. The molecule has 2 rings (SSSR count). The van der Waals surface area contributed by atoms with Gasteiger partial charge in [0.25, 0.3) is 0 Å². The normalized spacial score (nSPS) is 23.2. The molecule has 0 aliphatic heterocycles. The van der Waals surface area contributed by atoms with Gasteiger partial charge in [0.15, 0.2) is 5.82 Å². The van der Waals surface area contributed by atoms with Crippen molar-refractivity contribution in [2.75, 3.05) is 6.61 Å². The molecule has 0 aromatic carbocycles. The summed E-state index contributed by atoms with van der Waals surface area (Å²) in [5.74, 6) is -1.76.